The molecule has 4 saturated heterocycles. The number of nitrogens with zero attached hydrogens (tertiary/aromatic N) is 12. The minimum atomic E-state index is -2.93. The van der Waals surface area contributed by atoms with Gasteiger partial charge in [-0.05, 0) is 26.0 Å². The van der Waals surface area contributed by atoms with Crippen LogP contribution in [0.15, 0.2) is 18.5 Å². The number of hydrogen-bond donors (Lipinski definition) is 1. The van der Waals surface area contributed by atoms with Gasteiger partial charge in [-0.15, -0.1) is 0 Å². The average Bonchev–Trinajstić information content (AvgIpc) is 3.58. The van der Waals surface area contributed by atoms with E-state index in [-0.39, 0.29) is 27.8 Å². The molecule has 0 radical (unpaired) electrons. The Hall–Kier alpha value is -4.30. The van der Waals surface area contributed by atoms with Crippen LogP contribution in [-0.2, 0) is 18.9 Å². The molecule has 8 rings (SSSR count). The van der Waals surface area contributed by atoms with Crippen LogP contribution in [0, 0.1) is 0 Å². The number of phenols is 1. The number of benzene rings is 1. The predicted molar refractivity (Wildman–Crippen MR) is 187 cm³/mol. The monoisotopic (exact) mass is 746 g/mol. The lowest BCUT2D eigenvalue weighted by Gasteiger charge is -2.38. The van der Waals surface area contributed by atoms with Crippen LogP contribution in [0.3, 0.4) is 0 Å². The zero-order valence-corrected chi connectivity index (χ0v) is 29.8. The SMILES string of the molecule is CC1(C)CN(c2nc(N3CCOCC3)nc(-n3c(C(F)F)nc4c(Cl)c(O)ccc43)n2)CCO1.c1nc(N2CCOCC2)nc(N2CCOCC2)n1. The second-order valence-corrected chi connectivity index (χ2v) is 13.4. The highest BCUT2D eigenvalue weighted by Gasteiger charge is 2.31. The van der Waals surface area contributed by atoms with Gasteiger partial charge in [0.15, 0.2) is 5.82 Å². The fourth-order valence-corrected chi connectivity index (χ4v) is 6.46. The van der Waals surface area contributed by atoms with Gasteiger partial charge in [0.1, 0.15) is 22.6 Å². The summed E-state index contributed by atoms with van der Waals surface area (Å²) in [5, 5.41) is 9.84. The molecule has 0 amide bonds. The Balaban J connectivity index is 0.000000196. The minimum absolute atomic E-state index is 0.00431. The van der Waals surface area contributed by atoms with Crippen LogP contribution in [0.4, 0.5) is 32.6 Å². The van der Waals surface area contributed by atoms with Crippen molar-refractivity contribution in [1.29, 1.82) is 0 Å². The molecule has 52 heavy (non-hydrogen) atoms. The number of aromatic nitrogens is 8. The van der Waals surface area contributed by atoms with E-state index in [9.17, 15) is 13.9 Å². The predicted octanol–water partition coefficient (Wildman–Crippen LogP) is 2.50. The maximum absolute atomic E-state index is 14.1. The molecule has 0 aliphatic carbocycles. The van der Waals surface area contributed by atoms with Gasteiger partial charge in [-0.25, -0.2) is 23.7 Å². The molecule has 280 valence electrons. The van der Waals surface area contributed by atoms with Crippen molar-refractivity contribution in [3.63, 3.8) is 0 Å². The zero-order chi connectivity index (χ0) is 36.2. The summed E-state index contributed by atoms with van der Waals surface area (Å²) in [6.45, 7) is 13.9. The van der Waals surface area contributed by atoms with Crippen LogP contribution in [0.5, 0.6) is 5.75 Å². The van der Waals surface area contributed by atoms with Crippen LogP contribution >= 0.6 is 11.6 Å². The van der Waals surface area contributed by atoms with Crippen molar-refractivity contribution >= 4 is 46.4 Å². The molecular formula is C32H41ClF2N12O5. The van der Waals surface area contributed by atoms with Crippen molar-refractivity contribution in [3.05, 3.63) is 29.3 Å². The smallest absolute Gasteiger partial charge is 0.296 e. The normalized spacial score (nSPS) is 19.6. The highest BCUT2D eigenvalue weighted by molar-refractivity contribution is 6.36. The molecular weight excluding hydrogens is 706 g/mol. The summed E-state index contributed by atoms with van der Waals surface area (Å²) in [4.78, 5) is 39.0. The number of phenolic OH excluding ortho intramolecular Hbond substituents is 1. The third-order valence-corrected chi connectivity index (χ3v) is 9.28. The van der Waals surface area contributed by atoms with Crippen molar-refractivity contribution in [2.24, 2.45) is 0 Å². The van der Waals surface area contributed by atoms with Crippen molar-refractivity contribution in [2.75, 3.05) is 118 Å². The molecule has 3 aromatic heterocycles. The van der Waals surface area contributed by atoms with Gasteiger partial charge in [-0.2, -0.15) is 19.9 Å². The summed E-state index contributed by atoms with van der Waals surface area (Å²) in [5.74, 6) is 1.38. The molecule has 1 N–H and O–H groups in total. The second-order valence-electron chi connectivity index (χ2n) is 13.0. The molecule has 0 unspecified atom stereocenters. The van der Waals surface area contributed by atoms with Gasteiger partial charge in [-0.1, -0.05) is 11.6 Å². The van der Waals surface area contributed by atoms with E-state index in [0.717, 1.165) is 64.5 Å². The zero-order valence-electron chi connectivity index (χ0n) is 29.0. The van der Waals surface area contributed by atoms with Crippen LogP contribution in [0.2, 0.25) is 5.02 Å². The second kappa shape index (κ2) is 15.7. The van der Waals surface area contributed by atoms with Gasteiger partial charge in [-0.3, -0.25) is 4.57 Å². The van der Waals surface area contributed by atoms with E-state index in [2.05, 4.69) is 44.7 Å². The highest BCUT2D eigenvalue weighted by atomic mass is 35.5. The van der Waals surface area contributed by atoms with Gasteiger partial charge in [0.25, 0.3) is 6.43 Å². The van der Waals surface area contributed by atoms with Crippen LogP contribution in [0.25, 0.3) is 17.0 Å². The highest BCUT2D eigenvalue weighted by Crippen LogP contribution is 2.36. The number of halogens is 3. The first kappa shape index (κ1) is 36.1. The third-order valence-electron chi connectivity index (χ3n) is 8.90. The van der Waals surface area contributed by atoms with E-state index < -0.39 is 17.9 Å². The van der Waals surface area contributed by atoms with E-state index in [1.807, 2.05) is 23.6 Å². The van der Waals surface area contributed by atoms with E-state index in [1.54, 1.807) is 6.33 Å². The molecule has 0 bridgehead atoms. The number of alkyl halides is 2. The molecule has 4 aromatic rings. The first-order valence-corrected chi connectivity index (χ1v) is 17.5. The Kier molecular flexibility index (Phi) is 10.9. The van der Waals surface area contributed by atoms with Crippen LogP contribution < -0.4 is 19.6 Å². The lowest BCUT2D eigenvalue weighted by Crippen LogP contribution is -2.49. The molecule has 4 fully saturated rings. The molecule has 0 atom stereocenters. The molecule has 17 nitrogen and oxygen atoms in total. The first-order valence-electron chi connectivity index (χ1n) is 17.2. The number of hydrogen-bond acceptors (Lipinski definition) is 16. The summed E-state index contributed by atoms with van der Waals surface area (Å²) in [6.07, 6.45) is -1.34. The largest absolute Gasteiger partial charge is 0.506 e. The lowest BCUT2D eigenvalue weighted by molar-refractivity contribution is -0.0281. The fourth-order valence-electron chi connectivity index (χ4n) is 6.26. The summed E-state index contributed by atoms with van der Waals surface area (Å²) in [6, 6.07) is 2.79. The van der Waals surface area contributed by atoms with Crippen LogP contribution in [-0.4, -0.2) is 149 Å². The van der Waals surface area contributed by atoms with Gasteiger partial charge in [0, 0.05) is 52.4 Å². The molecule has 20 heteroatoms. The Morgan fingerprint density at radius 2 is 1.15 bits per heavy atom. The number of aromatic hydroxyl groups is 1. The van der Waals surface area contributed by atoms with Crippen molar-refractivity contribution in [1.82, 2.24) is 39.5 Å². The number of rotatable bonds is 6. The summed E-state index contributed by atoms with van der Waals surface area (Å²) in [7, 11) is 0. The standard InChI is InChI=1S/C21H24ClF2N7O3.C11H17N5O2/c1-21(2)11-30(7-10-34-21)19-26-18(29-5-8-33-9-6-29)27-20(28-19)31-12-3-4-13(32)14(22)15(12)25-17(31)16(23)24;1-5-17-6-2-15(1)10-12-9-13-11(14-10)16-3-7-18-8-4-16/h3-4,16,32H,5-11H2,1-2H3;9H,1-8H2. The van der Waals surface area contributed by atoms with Gasteiger partial charge in [0.05, 0.1) is 57.4 Å². The first-order chi connectivity index (χ1) is 25.2. The molecule has 7 heterocycles. The molecule has 0 saturated carbocycles. The average molecular weight is 747 g/mol. The van der Waals surface area contributed by atoms with Crippen molar-refractivity contribution in [3.8, 4) is 11.7 Å². The van der Waals surface area contributed by atoms with E-state index in [0.29, 0.717) is 57.9 Å². The summed E-state index contributed by atoms with van der Waals surface area (Å²) >= 11 is 6.17. The topological polar surface area (TPSA) is 165 Å². The number of imidazole rings is 1. The summed E-state index contributed by atoms with van der Waals surface area (Å²) < 4.78 is 51.2. The Labute approximate surface area is 303 Å². The minimum Gasteiger partial charge on any atom is -0.506 e. The Morgan fingerprint density at radius 3 is 1.69 bits per heavy atom. The van der Waals surface area contributed by atoms with Gasteiger partial charge >= 0.3 is 0 Å². The number of anilines is 4. The van der Waals surface area contributed by atoms with Gasteiger partial charge < -0.3 is 43.7 Å². The molecule has 0 spiro atoms. The quantitative estimate of drug-likeness (QED) is 0.306. The number of ether oxygens (including phenoxy) is 4. The van der Waals surface area contributed by atoms with E-state index in [4.69, 9.17) is 30.5 Å². The molecule has 1 aromatic carbocycles. The van der Waals surface area contributed by atoms with Crippen molar-refractivity contribution in [2.45, 2.75) is 25.9 Å². The maximum atomic E-state index is 14.1. The lowest BCUT2D eigenvalue weighted by atomic mass is 10.1. The molecule has 4 aliphatic rings. The van der Waals surface area contributed by atoms with Gasteiger partial charge in [0.2, 0.25) is 29.7 Å². The summed E-state index contributed by atoms with van der Waals surface area (Å²) in [5.41, 5.74) is -0.129. The van der Waals surface area contributed by atoms with E-state index in [1.165, 1.54) is 16.7 Å². The van der Waals surface area contributed by atoms with E-state index >= 15 is 0 Å². The third kappa shape index (κ3) is 8.02. The number of morpholine rings is 4. The fraction of sp³-hybridized carbons (Fsp3) is 0.594. The maximum Gasteiger partial charge on any atom is 0.296 e. The Morgan fingerprint density at radius 1 is 0.673 bits per heavy atom. The number of fused-ring (bicyclic) bond motifs is 1. The Bertz CT molecular complexity index is 1800. The van der Waals surface area contributed by atoms with Crippen LogP contribution in [0.1, 0.15) is 26.1 Å². The molecule has 4 aliphatic heterocycles. The van der Waals surface area contributed by atoms with Crippen molar-refractivity contribution < 1.29 is 32.8 Å².